The lowest BCUT2D eigenvalue weighted by atomic mass is 10.0. The van der Waals surface area contributed by atoms with Crippen molar-refractivity contribution in [2.45, 2.75) is 40.2 Å². The van der Waals surface area contributed by atoms with Gasteiger partial charge in [-0.3, -0.25) is 8.37 Å². The summed E-state index contributed by atoms with van der Waals surface area (Å²) in [4.78, 5) is 0. The average Bonchev–Trinajstić information content (AvgIpc) is 2.03. The van der Waals surface area contributed by atoms with Gasteiger partial charge in [0.05, 0.1) is 12.7 Å². The van der Waals surface area contributed by atoms with Crippen LogP contribution in [-0.2, 0) is 8.37 Å². The second kappa shape index (κ2) is 6.95. The van der Waals surface area contributed by atoms with Crippen LogP contribution in [0.15, 0.2) is 0 Å². The van der Waals surface area contributed by atoms with Crippen LogP contribution in [-0.4, -0.2) is 12.7 Å². The zero-order valence-electron chi connectivity index (χ0n) is 7.79. The molecule has 0 aliphatic carbocycles. The van der Waals surface area contributed by atoms with E-state index in [2.05, 4.69) is 20.8 Å². The van der Waals surface area contributed by atoms with Gasteiger partial charge in [-0.25, -0.2) is 0 Å². The van der Waals surface area contributed by atoms with Gasteiger partial charge >= 0.3 is 0 Å². The van der Waals surface area contributed by atoms with Gasteiger partial charge in [0.1, 0.15) is 0 Å². The van der Waals surface area contributed by atoms with Gasteiger partial charge < -0.3 is 0 Å². The fourth-order valence-electron chi connectivity index (χ4n) is 0.565. The van der Waals surface area contributed by atoms with Gasteiger partial charge in [-0.1, -0.05) is 20.3 Å². The Hall–Kier alpha value is 0.270. The largest absolute Gasteiger partial charge is 0.292 e. The molecule has 0 fully saturated rings. The Morgan fingerprint density at radius 3 is 2.36 bits per heavy atom. The van der Waals surface area contributed by atoms with Crippen LogP contribution < -0.4 is 0 Å². The van der Waals surface area contributed by atoms with Crippen molar-refractivity contribution in [3.8, 4) is 0 Å². The zero-order chi connectivity index (χ0) is 8.69. The zero-order valence-corrected chi connectivity index (χ0v) is 8.61. The molecule has 0 spiro atoms. The summed E-state index contributed by atoms with van der Waals surface area (Å²) in [6, 6.07) is 0. The van der Waals surface area contributed by atoms with Crippen molar-refractivity contribution in [2.75, 3.05) is 6.61 Å². The highest BCUT2D eigenvalue weighted by molar-refractivity contribution is 7.89. The first kappa shape index (κ1) is 11.3. The Kier molecular flexibility index (Phi) is 7.12. The molecule has 0 aromatic heterocycles. The minimum Gasteiger partial charge on any atom is -0.292 e. The highest BCUT2D eigenvalue weighted by Gasteiger charge is 2.10. The maximum absolute atomic E-state index is 5.33. The molecule has 68 valence electrons. The van der Waals surface area contributed by atoms with Gasteiger partial charge in [-0.15, -0.1) is 0 Å². The van der Waals surface area contributed by atoms with Crippen molar-refractivity contribution in [3.05, 3.63) is 0 Å². The maximum Gasteiger partial charge on any atom is 0.158 e. The van der Waals surface area contributed by atoms with Gasteiger partial charge in [-0.05, 0) is 19.8 Å². The predicted molar refractivity (Wildman–Crippen MR) is 49.2 cm³/mol. The summed E-state index contributed by atoms with van der Waals surface area (Å²) in [7, 11) is 0. The Bertz CT molecular complexity index is 88.2. The van der Waals surface area contributed by atoms with E-state index >= 15 is 0 Å². The fraction of sp³-hybridized carbons (Fsp3) is 1.00. The SMILES string of the molecule is CCOSOC(C)C(C)CC. The molecule has 0 aliphatic rings. The molecule has 0 saturated heterocycles. The van der Waals surface area contributed by atoms with Crippen LogP contribution in [0.1, 0.15) is 34.1 Å². The van der Waals surface area contributed by atoms with Gasteiger partial charge in [0.2, 0.25) is 0 Å². The van der Waals surface area contributed by atoms with E-state index < -0.39 is 0 Å². The molecule has 11 heavy (non-hydrogen) atoms. The first-order valence-corrected chi connectivity index (χ1v) is 4.83. The Balaban J connectivity index is 3.28. The molecule has 0 radical (unpaired) electrons. The quantitative estimate of drug-likeness (QED) is 0.460. The van der Waals surface area contributed by atoms with Crippen LogP contribution in [0.3, 0.4) is 0 Å². The van der Waals surface area contributed by atoms with Crippen LogP contribution in [0.2, 0.25) is 0 Å². The van der Waals surface area contributed by atoms with Gasteiger partial charge in [-0.2, -0.15) is 0 Å². The average molecular weight is 178 g/mol. The smallest absolute Gasteiger partial charge is 0.158 e. The van der Waals surface area contributed by atoms with E-state index in [1.54, 1.807) is 0 Å². The number of rotatable bonds is 6. The normalized spacial score (nSPS) is 16.4. The summed E-state index contributed by atoms with van der Waals surface area (Å²) in [5.74, 6) is 0.600. The van der Waals surface area contributed by atoms with Crippen molar-refractivity contribution in [1.82, 2.24) is 0 Å². The molecular weight excluding hydrogens is 160 g/mol. The Labute approximate surface area is 74.1 Å². The second-order valence-electron chi connectivity index (χ2n) is 2.66. The second-order valence-corrected chi connectivity index (χ2v) is 3.23. The van der Waals surface area contributed by atoms with Crippen molar-refractivity contribution in [1.29, 1.82) is 0 Å². The van der Waals surface area contributed by atoms with Crippen LogP contribution in [0.5, 0.6) is 0 Å². The van der Waals surface area contributed by atoms with E-state index in [9.17, 15) is 0 Å². The topological polar surface area (TPSA) is 18.5 Å². The van der Waals surface area contributed by atoms with E-state index in [1.807, 2.05) is 6.92 Å². The maximum atomic E-state index is 5.33. The molecule has 0 amide bonds. The highest BCUT2D eigenvalue weighted by atomic mass is 32.2. The number of hydrogen-bond acceptors (Lipinski definition) is 3. The predicted octanol–water partition coefficient (Wildman–Crippen LogP) is 3.04. The molecule has 0 N–H and O–H groups in total. The molecule has 0 aliphatic heterocycles. The molecule has 3 heteroatoms. The molecule has 0 heterocycles. The van der Waals surface area contributed by atoms with Gasteiger partial charge in [0.25, 0.3) is 0 Å². The lowest BCUT2D eigenvalue weighted by molar-refractivity contribution is 0.168. The Morgan fingerprint density at radius 1 is 1.27 bits per heavy atom. The summed E-state index contributed by atoms with van der Waals surface area (Å²) < 4.78 is 10.3. The first-order chi connectivity index (χ1) is 5.22. The highest BCUT2D eigenvalue weighted by Crippen LogP contribution is 2.17. The standard InChI is InChI=1S/C8H18O2S/c1-5-7(3)8(4)10-11-9-6-2/h7-8H,5-6H2,1-4H3. The summed E-state index contributed by atoms with van der Waals surface area (Å²) in [6.07, 6.45) is 1.42. The molecule has 0 aromatic rings. The molecule has 0 bridgehead atoms. The van der Waals surface area contributed by atoms with Crippen LogP contribution in [0.25, 0.3) is 0 Å². The third-order valence-corrected chi connectivity index (χ3v) is 2.52. The van der Waals surface area contributed by atoms with E-state index in [0.29, 0.717) is 12.5 Å². The van der Waals surface area contributed by atoms with Crippen LogP contribution in [0.4, 0.5) is 0 Å². The monoisotopic (exact) mass is 178 g/mol. The van der Waals surface area contributed by atoms with E-state index in [0.717, 1.165) is 18.7 Å². The summed E-state index contributed by atoms with van der Waals surface area (Å²) in [6.45, 7) is 9.05. The molecule has 2 atom stereocenters. The van der Waals surface area contributed by atoms with E-state index in [1.165, 1.54) is 0 Å². The van der Waals surface area contributed by atoms with Crippen molar-refractivity contribution in [2.24, 2.45) is 5.92 Å². The first-order valence-electron chi connectivity index (χ1n) is 4.17. The minimum absolute atomic E-state index is 0.275. The summed E-state index contributed by atoms with van der Waals surface area (Å²) in [5, 5.41) is 0. The summed E-state index contributed by atoms with van der Waals surface area (Å²) >= 11 is 1.11. The lowest BCUT2D eigenvalue weighted by Gasteiger charge is -2.16. The van der Waals surface area contributed by atoms with Gasteiger partial charge in [0, 0.05) is 0 Å². The molecule has 0 rings (SSSR count). The van der Waals surface area contributed by atoms with Crippen LogP contribution in [0, 0.1) is 5.92 Å². The molecule has 0 saturated carbocycles. The summed E-state index contributed by atoms with van der Waals surface area (Å²) in [5.41, 5.74) is 0. The molecular formula is C8H18O2S. The number of hydrogen-bond donors (Lipinski definition) is 0. The molecule has 2 nitrogen and oxygen atoms in total. The molecule has 0 aromatic carbocycles. The minimum atomic E-state index is 0.275. The van der Waals surface area contributed by atoms with E-state index in [-0.39, 0.29) is 6.10 Å². The third kappa shape index (κ3) is 5.53. The van der Waals surface area contributed by atoms with Gasteiger partial charge in [0.15, 0.2) is 12.3 Å². The fourth-order valence-corrected chi connectivity index (χ4v) is 1.03. The third-order valence-electron chi connectivity index (χ3n) is 1.80. The van der Waals surface area contributed by atoms with E-state index in [4.69, 9.17) is 8.37 Å². The van der Waals surface area contributed by atoms with Crippen molar-refractivity contribution in [3.63, 3.8) is 0 Å². The van der Waals surface area contributed by atoms with Crippen molar-refractivity contribution >= 4 is 12.3 Å². The lowest BCUT2D eigenvalue weighted by Crippen LogP contribution is -2.14. The Morgan fingerprint density at radius 2 is 1.91 bits per heavy atom. The van der Waals surface area contributed by atoms with Crippen LogP contribution >= 0.6 is 12.3 Å². The van der Waals surface area contributed by atoms with Crippen molar-refractivity contribution < 1.29 is 8.37 Å². The molecule has 2 unspecified atom stereocenters.